The van der Waals surface area contributed by atoms with Crippen molar-refractivity contribution in [3.8, 4) is 11.5 Å². The zero-order valence-electron chi connectivity index (χ0n) is 22.0. The molecule has 0 aromatic carbocycles. The Labute approximate surface area is 219 Å². The zero-order valence-corrected chi connectivity index (χ0v) is 22.0. The summed E-state index contributed by atoms with van der Waals surface area (Å²) in [5.74, 6) is 4.23. The predicted molar refractivity (Wildman–Crippen MR) is 142 cm³/mol. The van der Waals surface area contributed by atoms with Gasteiger partial charge < -0.3 is 19.4 Å². The van der Waals surface area contributed by atoms with E-state index in [0.717, 1.165) is 41.5 Å². The Hall–Kier alpha value is -3.99. The van der Waals surface area contributed by atoms with Crippen molar-refractivity contribution in [2.24, 2.45) is 7.05 Å². The summed E-state index contributed by atoms with van der Waals surface area (Å²) in [5, 5.41) is 8.30. The van der Waals surface area contributed by atoms with E-state index in [-0.39, 0.29) is 11.5 Å². The first-order chi connectivity index (χ1) is 18.3. The highest BCUT2D eigenvalue weighted by Gasteiger charge is 2.29. The molecule has 1 atom stereocenters. The van der Waals surface area contributed by atoms with Crippen molar-refractivity contribution in [1.29, 1.82) is 0 Å². The molecule has 38 heavy (non-hydrogen) atoms. The molecular weight excluding hydrogens is 482 g/mol. The van der Waals surface area contributed by atoms with Crippen LogP contribution in [-0.4, -0.2) is 51.9 Å². The molecule has 1 N–H and O–H groups in total. The van der Waals surface area contributed by atoms with Gasteiger partial charge in [0.15, 0.2) is 22.9 Å². The summed E-state index contributed by atoms with van der Waals surface area (Å²) < 4.78 is 17.9. The van der Waals surface area contributed by atoms with Gasteiger partial charge in [-0.25, -0.2) is 15.0 Å². The van der Waals surface area contributed by atoms with Gasteiger partial charge in [0.25, 0.3) is 0 Å². The van der Waals surface area contributed by atoms with Gasteiger partial charge in [-0.05, 0) is 19.3 Å². The molecule has 0 amide bonds. The van der Waals surface area contributed by atoms with E-state index in [1.165, 1.54) is 12.8 Å². The predicted octanol–water partition coefficient (Wildman–Crippen LogP) is 4.88. The van der Waals surface area contributed by atoms with E-state index >= 15 is 0 Å². The first-order valence-electron chi connectivity index (χ1n) is 13.1. The van der Waals surface area contributed by atoms with Crippen LogP contribution in [0, 0.1) is 0 Å². The fraction of sp³-hybridized carbons (Fsp3) is 0.444. The smallest absolute Gasteiger partial charge is 0.210 e. The minimum atomic E-state index is -0.0519. The van der Waals surface area contributed by atoms with Gasteiger partial charge in [-0.3, -0.25) is 9.08 Å². The van der Waals surface area contributed by atoms with E-state index in [0.29, 0.717) is 35.6 Å². The van der Waals surface area contributed by atoms with Crippen molar-refractivity contribution in [3.63, 3.8) is 0 Å². The normalized spacial score (nSPS) is 18.1. The molecule has 6 heterocycles. The lowest BCUT2D eigenvalue weighted by Crippen LogP contribution is -2.22. The SMILES string of the molecule is Cn1c(Nc2cc(C(C)(C)C)n([C@@H]3CCOC3)n2)nc2ncc(Oc3cnc4cnc(C5CC5)n4c3)cc21. The third-order valence-electron chi connectivity index (χ3n) is 7.27. The molecule has 1 aliphatic carbocycles. The maximum absolute atomic E-state index is 6.15. The van der Waals surface area contributed by atoms with E-state index in [4.69, 9.17) is 19.6 Å². The average molecular weight is 514 g/mol. The van der Waals surface area contributed by atoms with Gasteiger partial charge in [0.05, 0.1) is 43.0 Å². The number of aryl methyl sites for hydroxylation is 1. The molecule has 7 rings (SSSR count). The van der Waals surface area contributed by atoms with Gasteiger partial charge in [0.1, 0.15) is 11.6 Å². The largest absolute Gasteiger partial charge is 0.452 e. The summed E-state index contributed by atoms with van der Waals surface area (Å²) in [5.41, 5.74) is 3.41. The molecule has 2 aliphatic rings. The highest BCUT2D eigenvalue weighted by atomic mass is 16.5. The van der Waals surface area contributed by atoms with Crippen LogP contribution in [0.4, 0.5) is 11.8 Å². The van der Waals surface area contributed by atoms with Crippen LogP contribution in [0.2, 0.25) is 0 Å². The van der Waals surface area contributed by atoms with Gasteiger partial charge >= 0.3 is 0 Å². The Morgan fingerprint density at radius 1 is 1.03 bits per heavy atom. The number of pyridine rings is 1. The van der Waals surface area contributed by atoms with Crippen LogP contribution < -0.4 is 10.1 Å². The second-order valence-electron chi connectivity index (χ2n) is 11.3. The van der Waals surface area contributed by atoms with Gasteiger partial charge in [-0.1, -0.05) is 20.8 Å². The summed E-state index contributed by atoms with van der Waals surface area (Å²) in [6.45, 7) is 8.06. The number of hydrogen-bond acceptors (Lipinski definition) is 8. The van der Waals surface area contributed by atoms with Gasteiger partial charge in [0.2, 0.25) is 5.95 Å². The Bertz CT molecular complexity index is 1650. The summed E-state index contributed by atoms with van der Waals surface area (Å²) in [6.07, 6.45) is 10.5. The lowest BCUT2D eigenvalue weighted by Gasteiger charge is -2.22. The molecule has 5 aromatic heterocycles. The maximum atomic E-state index is 6.15. The van der Waals surface area contributed by atoms with Crippen LogP contribution in [0.1, 0.15) is 63.5 Å². The second kappa shape index (κ2) is 8.52. The highest BCUT2D eigenvalue weighted by Crippen LogP contribution is 2.39. The molecule has 1 aliphatic heterocycles. The Morgan fingerprint density at radius 2 is 1.87 bits per heavy atom. The fourth-order valence-corrected chi connectivity index (χ4v) is 5.06. The Morgan fingerprint density at radius 3 is 2.63 bits per heavy atom. The number of fused-ring (bicyclic) bond motifs is 2. The van der Waals surface area contributed by atoms with Crippen molar-refractivity contribution in [2.45, 2.75) is 57.4 Å². The average Bonchev–Trinajstić information content (AvgIpc) is 3.25. The van der Waals surface area contributed by atoms with Crippen molar-refractivity contribution < 1.29 is 9.47 Å². The van der Waals surface area contributed by atoms with Crippen LogP contribution in [0.15, 0.2) is 36.9 Å². The van der Waals surface area contributed by atoms with Crippen molar-refractivity contribution in [1.82, 2.24) is 38.7 Å². The second-order valence-corrected chi connectivity index (χ2v) is 11.3. The zero-order chi connectivity index (χ0) is 26.0. The number of nitrogens with zero attached hydrogens (tertiary/aromatic N) is 8. The van der Waals surface area contributed by atoms with E-state index < -0.39 is 0 Å². The summed E-state index contributed by atoms with van der Waals surface area (Å²) in [6, 6.07) is 4.29. The monoisotopic (exact) mass is 513 g/mol. The molecule has 196 valence electrons. The van der Waals surface area contributed by atoms with Crippen LogP contribution in [0.5, 0.6) is 11.5 Å². The van der Waals surface area contributed by atoms with E-state index in [2.05, 4.69) is 51.8 Å². The number of nitrogens with one attached hydrogen (secondary N) is 1. The maximum Gasteiger partial charge on any atom is 0.210 e. The first kappa shape index (κ1) is 23.2. The molecule has 2 fully saturated rings. The third kappa shape index (κ3) is 4.07. The Balaban J connectivity index is 1.16. The van der Waals surface area contributed by atoms with Gasteiger partial charge in [-0.15, -0.1) is 0 Å². The number of ether oxygens (including phenoxy) is 2. The van der Waals surface area contributed by atoms with E-state index in [9.17, 15) is 0 Å². The summed E-state index contributed by atoms with van der Waals surface area (Å²) in [7, 11) is 1.95. The van der Waals surface area contributed by atoms with Crippen LogP contribution in [-0.2, 0) is 17.2 Å². The van der Waals surface area contributed by atoms with Crippen LogP contribution in [0.25, 0.3) is 16.8 Å². The summed E-state index contributed by atoms with van der Waals surface area (Å²) >= 11 is 0. The van der Waals surface area contributed by atoms with Crippen LogP contribution >= 0.6 is 0 Å². The molecule has 11 heteroatoms. The molecular formula is C27H31N9O2. The molecule has 0 bridgehead atoms. The molecule has 11 nitrogen and oxygen atoms in total. The minimum absolute atomic E-state index is 0.0519. The molecule has 0 spiro atoms. The van der Waals surface area contributed by atoms with E-state index in [1.807, 2.05) is 34.5 Å². The number of aromatic nitrogens is 8. The van der Waals surface area contributed by atoms with E-state index in [1.54, 1.807) is 12.4 Å². The highest BCUT2D eigenvalue weighted by molar-refractivity contribution is 5.77. The Kier molecular flexibility index (Phi) is 5.19. The molecule has 0 radical (unpaired) electrons. The number of rotatable bonds is 6. The van der Waals surface area contributed by atoms with Crippen molar-refractivity contribution in [2.75, 3.05) is 18.5 Å². The molecule has 5 aromatic rings. The molecule has 1 saturated carbocycles. The molecule has 1 saturated heterocycles. The van der Waals surface area contributed by atoms with Crippen molar-refractivity contribution >= 4 is 28.6 Å². The number of anilines is 2. The van der Waals surface area contributed by atoms with Crippen LogP contribution in [0.3, 0.4) is 0 Å². The van der Waals surface area contributed by atoms with Gasteiger partial charge in [-0.2, -0.15) is 10.1 Å². The third-order valence-corrected chi connectivity index (χ3v) is 7.27. The van der Waals surface area contributed by atoms with Crippen molar-refractivity contribution in [3.05, 3.63) is 48.4 Å². The summed E-state index contributed by atoms with van der Waals surface area (Å²) in [4.78, 5) is 18.3. The number of imidazole rings is 2. The standard InChI is InChI=1S/C27H31N9O2/c1-27(2,3)21-10-22(33-36(21)17-7-8-37-15-17)31-26-32-24-20(34(26)4)9-18(11-29-24)38-19-12-28-23-13-30-25(16-5-6-16)35(23)14-19/h9-14,16-17H,5-8,15H2,1-4H3,(H,29,31,32,33)/t17-/m1/s1. The number of hydrogen-bond donors (Lipinski definition) is 1. The fourth-order valence-electron chi connectivity index (χ4n) is 5.06. The lowest BCUT2D eigenvalue weighted by atomic mass is 9.91. The molecule has 0 unspecified atom stereocenters. The topological polar surface area (TPSA) is 109 Å². The minimum Gasteiger partial charge on any atom is -0.452 e. The first-order valence-corrected chi connectivity index (χ1v) is 13.1. The van der Waals surface area contributed by atoms with Gasteiger partial charge in [0, 0.05) is 42.8 Å². The quantitative estimate of drug-likeness (QED) is 0.342. The lowest BCUT2D eigenvalue weighted by molar-refractivity contribution is 0.183.